The predicted molar refractivity (Wildman–Crippen MR) is 212 cm³/mol. The summed E-state index contributed by atoms with van der Waals surface area (Å²) in [6.45, 7) is 4.61. The van der Waals surface area contributed by atoms with Crippen molar-refractivity contribution in [3.05, 3.63) is 191 Å². The van der Waals surface area contributed by atoms with Gasteiger partial charge in [-0.05, 0) is 75.6 Å². The molecule has 2 heterocycles. The maximum atomic E-state index is 7.02. The molecule has 7 aromatic rings. The Morgan fingerprint density at radius 2 is 1.15 bits per heavy atom. The van der Waals surface area contributed by atoms with Crippen molar-refractivity contribution in [2.45, 2.75) is 37.5 Å². The third-order valence-corrected chi connectivity index (χ3v) is 11.9. The zero-order valence-corrected chi connectivity index (χ0v) is 29.6. The molecule has 1 unspecified atom stereocenters. The number of ether oxygens (including phenoxy) is 1. The summed E-state index contributed by atoms with van der Waals surface area (Å²) < 4.78 is 7.02. The predicted octanol–water partition coefficient (Wildman–Crippen LogP) is 11.7. The van der Waals surface area contributed by atoms with Gasteiger partial charge in [0.05, 0.1) is 11.0 Å². The van der Waals surface area contributed by atoms with Crippen LogP contribution in [0.1, 0.15) is 60.1 Å². The van der Waals surface area contributed by atoms with Crippen LogP contribution in [0, 0.1) is 0 Å². The monoisotopic (exact) mass is 681 g/mol. The van der Waals surface area contributed by atoms with Crippen molar-refractivity contribution in [1.29, 1.82) is 0 Å². The Labute approximate surface area is 309 Å². The summed E-state index contributed by atoms with van der Waals surface area (Å²) >= 11 is 0. The van der Waals surface area contributed by atoms with Crippen LogP contribution in [0.15, 0.2) is 157 Å². The minimum absolute atomic E-state index is 0.145. The van der Waals surface area contributed by atoms with Crippen LogP contribution >= 0.6 is 0 Å². The number of fused-ring (bicyclic) bond motifs is 11. The van der Waals surface area contributed by atoms with E-state index in [9.17, 15) is 0 Å². The molecule has 0 bridgehead atoms. The summed E-state index contributed by atoms with van der Waals surface area (Å²) in [5.74, 6) is 3.52. The van der Waals surface area contributed by atoms with E-state index in [4.69, 9.17) is 19.7 Å². The zero-order valence-electron chi connectivity index (χ0n) is 29.6. The van der Waals surface area contributed by atoms with Gasteiger partial charge in [0, 0.05) is 27.7 Å². The van der Waals surface area contributed by atoms with Crippen LogP contribution in [0.3, 0.4) is 0 Å². The molecule has 3 aliphatic carbocycles. The fourth-order valence-corrected chi connectivity index (χ4v) is 9.55. The zero-order chi connectivity index (χ0) is 35.3. The van der Waals surface area contributed by atoms with Gasteiger partial charge in [0.25, 0.3) is 0 Å². The summed E-state index contributed by atoms with van der Waals surface area (Å²) in [7, 11) is 0. The van der Waals surface area contributed by atoms with E-state index in [1.165, 1.54) is 50.1 Å². The van der Waals surface area contributed by atoms with E-state index >= 15 is 0 Å². The molecule has 6 aromatic carbocycles. The quantitative estimate of drug-likeness (QED) is 0.186. The highest BCUT2D eigenvalue weighted by atomic mass is 16.5. The second-order valence-corrected chi connectivity index (χ2v) is 15.0. The molecule has 1 aromatic heterocycles. The number of allylic oxidation sites excluding steroid dienone is 4. The summed E-state index contributed by atoms with van der Waals surface area (Å²) in [6.07, 6.45) is 6.62. The number of hydrogen-bond acceptors (Lipinski definition) is 4. The fraction of sp³-hybridized carbons (Fsp3) is 0.122. The molecule has 0 fully saturated rings. The lowest BCUT2D eigenvalue weighted by Crippen LogP contribution is -2.33. The van der Waals surface area contributed by atoms with E-state index in [1.54, 1.807) is 0 Å². The van der Waals surface area contributed by atoms with Crippen molar-refractivity contribution in [2.24, 2.45) is 0 Å². The largest absolute Gasteiger partial charge is 0.456 e. The number of hydrogen-bond donors (Lipinski definition) is 0. The van der Waals surface area contributed by atoms with Gasteiger partial charge in [0.1, 0.15) is 11.5 Å². The molecule has 0 amide bonds. The molecule has 1 aliphatic heterocycles. The van der Waals surface area contributed by atoms with Crippen LogP contribution in [-0.2, 0) is 10.8 Å². The molecule has 0 saturated heterocycles. The van der Waals surface area contributed by atoms with Crippen LogP contribution in [-0.4, -0.2) is 15.0 Å². The highest BCUT2D eigenvalue weighted by Gasteiger charge is 2.52. The first kappa shape index (κ1) is 30.3. The molecular formula is C49H35N3O. The number of aromatic nitrogens is 3. The Bertz CT molecular complexity index is 2740. The third kappa shape index (κ3) is 4.15. The lowest BCUT2D eigenvalue weighted by Gasteiger charge is -2.41. The highest BCUT2D eigenvalue weighted by Crippen LogP contribution is 2.63. The summed E-state index contributed by atoms with van der Waals surface area (Å²) in [6, 6.07) is 49.6. The molecule has 4 heteroatoms. The van der Waals surface area contributed by atoms with Gasteiger partial charge in [0.15, 0.2) is 17.5 Å². The van der Waals surface area contributed by atoms with Gasteiger partial charge in [-0.2, -0.15) is 0 Å². The molecule has 1 spiro atoms. The van der Waals surface area contributed by atoms with Crippen molar-refractivity contribution in [1.82, 2.24) is 15.0 Å². The van der Waals surface area contributed by atoms with Crippen LogP contribution in [0.2, 0.25) is 0 Å². The van der Waals surface area contributed by atoms with Gasteiger partial charge in [-0.3, -0.25) is 0 Å². The molecular weight excluding hydrogens is 647 g/mol. The highest BCUT2D eigenvalue weighted by molar-refractivity contribution is 5.93. The van der Waals surface area contributed by atoms with E-state index in [0.717, 1.165) is 46.6 Å². The number of rotatable bonds is 3. The third-order valence-electron chi connectivity index (χ3n) is 11.9. The van der Waals surface area contributed by atoms with E-state index in [-0.39, 0.29) is 5.41 Å². The van der Waals surface area contributed by atoms with Crippen LogP contribution in [0.25, 0.3) is 50.9 Å². The first-order valence-electron chi connectivity index (χ1n) is 18.5. The van der Waals surface area contributed by atoms with Gasteiger partial charge in [-0.25, -0.2) is 15.0 Å². The lowest BCUT2D eigenvalue weighted by atomic mass is 9.64. The molecule has 4 nitrogen and oxygen atoms in total. The van der Waals surface area contributed by atoms with Crippen molar-refractivity contribution in [2.75, 3.05) is 0 Å². The number of benzene rings is 6. The average Bonchev–Trinajstić information content (AvgIpc) is 3.63. The molecule has 0 N–H and O–H groups in total. The maximum Gasteiger partial charge on any atom is 0.167 e. The van der Waals surface area contributed by atoms with E-state index in [0.29, 0.717) is 17.5 Å². The molecule has 11 rings (SSSR count). The van der Waals surface area contributed by atoms with Gasteiger partial charge in [0.2, 0.25) is 0 Å². The smallest absolute Gasteiger partial charge is 0.167 e. The van der Waals surface area contributed by atoms with Gasteiger partial charge < -0.3 is 4.74 Å². The van der Waals surface area contributed by atoms with E-state index < -0.39 is 5.41 Å². The summed E-state index contributed by atoms with van der Waals surface area (Å²) in [5.41, 5.74) is 15.0. The van der Waals surface area contributed by atoms with Crippen molar-refractivity contribution in [3.63, 3.8) is 0 Å². The maximum absolute atomic E-state index is 7.02. The second-order valence-electron chi connectivity index (χ2n) is 15.0. The van der Waals surface area contributed by atoms with Crippen molar-refractivity contribution < 1.29 is 4.74 Å². The Morgan fingerprint density at radius 3 is 2.00 bits per heavy atom. The first-order valence-corrected chi connectivity index (χ1v) is 18.5. The number of nitrogens with zero attached hydrogens (tertiary/aromatic N) is 3. The van der Waals surface area contributed by atoms with Gasteiger partial charge >= 0.3 is 0 Å². The summed E-state index contributed by atoms with van der Waals surface area (Å²) in [4.78, 5) is 15.7. The summed E-state index contributed by atoms with van der Waals surface area (Å²) in [5, 5.41) is 0. The van der Waals surface area contributed by atoms with E-state index in [2.05, 4.69) is 147 Å². The van der Waals surface area contributed by atoms with Gasteiger partial charge in [-0.1, -0.05) is 147 Å². The first-order chi connectivity index (χ1) is 26.0. The molecule has 252 valence electrons. The van der Waals surface area contributed by atoms with Crippen LogP contribution in [0.4, 0.5) is 0 Å². The molecule has 0 saturated carbocycles. The Hall–Kier alpha value is -6.39. The van der Waals surface area contributed by atoms with Crippen LogP contribution in [0.5, 0.6) is 11.5 Å². The molecule has 1 atom stereocenters. The van der Waals surface area contributed by atoms with Crippen molar-refractivity contribution >= 4 is 5.57 Å². The topological polar surface area (TPSA) is 47.9 Å². The second kappa shape index (κ2) is 11.1. The normalized spacial score (nSPS) is 18.1. The standard InChI is InChI=1S/C49H35N3O/c1-48(2)37-21-9-6-17-32(37)35-28-27-31(29-42(35)48)46-50-45(30-15-4-3-5-16-30)51-47(52-46)36-20-14-25-41-44(36)53-43-26-13-12-24-40(43)49(41)38-22-10-7-18-33(38)34-19-8-11-23-39(34)49/h3-10,12-22,24-29H,11,23H2,1-2H3. The van der Waals surface area contributed by atoms with Crippen molar-refractivity contribution in [3.8, 4) is 56.8 Å². The number of para-hydroxylation sites is 2. The lowest BCUT2D eigenvalue weighted by molar-refractivity contribution is 0.433. The minimum Gasteiger partial charge on any atom is -0.456 e. The minimum atomic E-state index is -0.491. The van der Waals surface area contributed by atoms with Crippen LogP contribution < -0.4 is 4.74 Å². The van der Waals surface area contributed by atoms with Gasteiger partial charge in [-0.15, -0.1) is 0 Å². The molecule has 4 aliphatic rings. The Kier molecular flexibility index (Phi) is 6.31. The fourth-order valence-electron chi connectivity index (χ4n) is 9.55. The SMILES string of the molecule is CC1(C)c2ccccc2-c2ccc(-c3nc(-c4ccccc4)nc(-c4cccc5c4Oc4ccccc4C54C5=C(C=CCC5)c5ccccc54)n3)cc21. The molecule has 53 heavy (non-hydrogen) atoms. The van der Waals surface area contributed by atoms with E-state index in [1.807, 2.05) is 18.2 Å². The average molecular weight is 682 g/mol. The molecule has 0 radical (unpaired) electrons. The Morgan fingerprint density at radius 1 is 0.509 bits per heavy atom. The Balaban J connectivity index is 1.15.